The molecule has 1 rings (SSSR count). The molecule has 0 aliphatic heterocycles. The second kappa shape index (κ2) is 6.00. The van der Waals surface area contributed by atoms with E-state index in [2.05, 4.69) is 10.9 Å². The van der Waals surface area contributed by atoms with E-state index in [1.807, 2.05) is 0 Å². The van der Waals surface area contributed by atoms with Crippen molar-refractivity contribution >= 4 is 29.5 Å². The summed E-state index contributed by atoms with van der Waals surface area (Å²) in [6.07, 6.45) is 2.30. The summed E-state index contributed by atoms with van der Waals surface area (Å²) in [7, 11) is 0. The van der Waals surface area contributed by atoms with Gasteiger partial charge in [-0.2, -0.15) is 0 Å². The summed E-state index contributed by atoms with van der Waals surface area (Å²) in [4.78, 5) is 21.7. The zero-order valence-corrected chi connectivity index (χ0v) is 9.72. The van der Waals surface area contributed by atoms with Gasteiger partial charge in [-0.05, 0) is 18.2 Å². The normalized spacial score (nSPS) is 10.3. The summed E-state index contributed by atoms with van der Waals surface area (Å²) in [6, 6.07) is 4.21. The van der Waals surface area contributed by atoms with Gasteiger partial charge in [-0.25, -0.2) is 4.39 Å². The number of amides is 2. The number of halogens is 2. The number of rotatable bonds is 2. The van der Waals surface area contributed by atoms with Crippen molar-refractivity contribution in [3.8, 4) is 0 Å². The van der Waals surface area contributed by atoms with Gasteiger partial charge >= 0.3 is 0 Å². The first-order valence-electron chi connectivity index (χ1n) is 4.69. The third kappa shape index (κ3) is 4.24. The van der Waals surface area contributed by atoms with E-state index in [1.165, 1.54) is 31.2 Å². The molecule has 0 aliphatic carbocycles. The SMILES string of the molecule is CC(=O)NNC(=O)/C=C/c1c(F)cccc1Cl. The van der Waals surface area contributed by atoms with E-state index < -0.39 is 17.6 Å². The summed E-state index contributed by atoms with van der Waals surface area (Å²) in [6.45, 7) is 1.25. The molecule has 90 valence electrons. The quantitative estimate of drug-likeness (QED) is 0.625. The number of nitrogens with one attached hydrogen (secondary N) is 2. The Morgan fingerprint density at radius 3 is 2.65 bits per heavy atom. The first-order chi connectivity index (χ1) is 8.00. The second-order valence-electron chi connectivity index (χ2n) is 3.14. The fourth-order valence-corrected chi connectivity index (χ4v) is 1.25. The third-order valence-corrected chi connectivity index (χ3v) is 2.09. The Hall–Kier alpha value is -1.88. The number of carbonyl (C=O) groups is 2. The van der Waals surface area contributed by atoms with E-state index in [1.54, 1.807) is 0 Å². The molecule has 0 spiro atoms. The molecule has 4 nitrogen and oxygen atoms in total. The van der Waals surface area contributed by atoms with Crippen LogP contribution in [0.4, 0.5) is 4.39 Å². The molecule has 6 heteroatoms. The smallest absolute Gasteiger partial charge is 0.262 e. The summed E-state index contributed by atoms with van der Waals surface area (Å²) in [5, 5.41) is 0.202. The van der Waals surface area contributed by atoms with Gasteiger partial charge in [-0.1, -0.05) is 17.7 Å². The molecule has 0 fully saturated rings. The van der Waals surface area contributed by atoms with Gasteiger partial charge in [0.15, 0.2) is 0 Å². The molecule has 0 unspecified atom stereocenters. The number of hydrogen-bond donors (Lipinski definition) is 2. The van der Waals surface area contributed by atoms with Crippen LogP contribution in [-0.2, 0) is 9.59 Å². The molecule has 2 N–H and O–H groups in total. The van der Waals surface area contributed by atoms with Gasteiger partial charge in [0.05, 0.1) is 5.02 Å². The van der Waals surface area contributed by atoms with Crippen molar-refractivity contribution in [3.63, 3.8) is 0 Å². The summed E-state index contributed by atoms with van der Waals surface area (Å²) >= 11 is 5.75. The third-order valence-electron chi connectivity index (χ3n) is 1.76. The van der Waals surface area contributed by atoms with Crippen LogP contribution in [0, 0.1) is 5.82 Å². The summed E-state index contributed by atoms with van der Waals surface area (Å²) in [5.74, 6) is -1.52. The molecule has 17 heavy (non-hydrogen) atoms. The predicted octanol–water partition coefficient (Wildman–Crippen LogP) is 1.66. The Bertz CT molecular complexity index is 454. The van der Waals surface area contributed by atoms with Gasteiger partial charge in [0.1, 0.15) is 5.82 Å². The molecule has 0 bridgehead atoms. The van der Waals surface area contributed by atoms with E-state index >= 15 is 0 Å². The fraction of sp³-hybridized carbons (Fsp3) is 0.0909. The van der Waals surface area contributed by atoms with Crippen molar-refractivity contribution < 1.29 is 14.0 Å². The van der Waals surface area contributed by atoms with Gasteiger partial charge < -0.3 is 0 Å². The highest BCUT2D eigenvalue weighted by molar-refractivity contribution is 6.32. The van der Waals surface area contributed by atoms with Crippen molar-refractivity contribution in [1.82, 2.24) is 10.9 Å². The van der Waals surface area contributed by atoms with E-state index in [0.29, 0.717) is 0 Å². The molecule has 2 amide bonds. The van der Waals surface area contributed by atoms with Crippen LogP contribution in [0.15, 0.2) is 24.3 Å². The minimum atomic E-state index is -0.584. The zero-order valence-electron chi connectivity index (χ0n) is 8.96. The molecule has 0 saturated carbocycles. The molecule has 0 aromatic heterocycles. The lowest BCUT2D eigenvalue weighted by Gasteiger charge is -2.01. The summed E-state index contributed by atoms with van der Waals surface area (Å²) in [5.41, 5.74) is 4.31. The number of hydrogen-bond acceptors (Lipinski definition) is 2. The Balaban J connectivity index is 2.70. The minimum Gasteiger partial charge on any atom is -0.274 e. The molecule has 0 saturated heterocycles. The van der Waals surface area contributed by atoms with E-state index in [-0.39, 0.29) is 10.6 Å². The molecular weight excluding hydrogens is 247 g/mol. The van der Waals surface area contributed by atoms with Crippen LogP contribution in [-0.4, -0.2) is 11.8 Å². The van der Waals surface area contributed by atoms with Crippen LogP contribution in [0.5, 0.6) is 0 Å². The Morgan fingerprint density at radius 1 is 1.35 bits per heavy atom. The Kier molecular flexibility index (Phi) is 4.66. The predicted molar refractivity (Wildman–Crippen MR) is 62.4 cm³/mol. The highest BCUT2D eigenvalue weighted by Gasteiger charge is 2.03. The highest BCUT2D eigenvalue weighted by Crippen LogP contribution is 2.19. The van der Waals surface area contributed by atoms with Crippen molar-refractivity contribution in [3.05, 3.63) is 40.7 Å². The molecular formula is C11H10ClFN2O2. The van der Waals surface area contributed by atoms with Crippen LogP contribution >= 0.6 is 11.6 Å². The average Bonchev–Trinajstić information content (AvgIpc) is 2.25. The van der Waals surface area contributed by atoms with E-state index in [4.69, 9.17) is 11.6 Å². The first-order valence-corrected chi connectivity index (χ1v) is 5.07. The zero-order chi connectivity index (χ0) is 12.8. The van der Waals surface area contributed by atoms with Gasteiger partial charge in [-0.15, -0.1) is 0 Å². The molecule has 1 aromatic carbocycles. The van der Waals surface area contributed by atoms with E-state index in [9.17, 15) is 14.0 Å². The Labute approximate surface area is 102 Å². The highest BCUT2D eigenvalue weighted by atomic mass is 35.5. The monoisotopic (exact) mass is 256 g/mol. The van der Waals surface area contributed by atoms with E-state index in [0.717, 1.165) is 6.08 Å². The number of benzene rings is 1. The number of hydrazine groups is 1. The van der Waals surface area contributed by atoms with Gasteiger partial charge in [-0.3, -0.25) is 20.4 Å². The fourth-order valence-electron chi connectivity index (χ4n) is 1.02. The van der Waals surface area contributed by atoms with Crippen LogP contribution in [0.25, 0.3) is 6.08 Å². The van der Waals surface area contributed by atoms with Crippen LogP contribution in [0.3, 0.4) is 0 Å². The van der Waals surface area contributed by atoms with Crippen molar-refractivity contribution in [2.45, 2.75) is 6.92 Å². The molecule has 0 atom stereocenters. The lowest BCUT2D eigenvalue weighted by Crippen LogP contribution is -2.39. The minimum absolute atomic E-state index is 0.118. The van der Waals surface area contributed by atoms with Crippen LogP contribution in [0.2, 0.25) is 5.02 Å². The average molecular weight is 257 g/mol. The van der Waals surface area contributed by atoms with Crippen molar-refractivity contribution in [2.24, 2.45) is 0 Å². The second-order valence-corrected chi connectivity index (χ2v) is 3.55. The Morgan fingerprint density at radius 2 is 2.06 bits per heavy atom. The van der Waals surface area contributed by atoms with Crippen molar-refractivity contribution in [2.75, 3.05) is 0 Å². The van der Waals surface area contributed by atoms with Gasteiger partial charge in [0.2, 0.25) is 5.91 Å². The number of carbonyl (C=O) groups excluding carboxylic acids is 2. The van der Waals surface area contributed by atoms with Crippen LogP contribution < -0.4 is 10.9 Å². The van der Waals surface area contributed by atoms with Gasteiger partial charge in [0, 0.05) is 18.6 Å². The molecule has 0 heterocycles. The summed E-state index contributed by atoms with van der Waals surface area (Å²) < 4.78 is 13.3. The molecule has 0 radical (unpaired) electrons. The first kappa shape index (κ1) is 13.2. The van der Waals surface area contributed by atoms with Gasteiger partial charge in [0.25, 0.3) is 5.91 Å². The van der Waals surface area contributed by atoms with Crippen molar-refractivity contribution in [1.29, 1.82) is 0 Å². The maximum atomic E-state index is 13.3. The molecule has 0 aliphatic rings. The lowest BCUT2D eigenvalue weighted by atomic mass is 10.2. The standard InChI is InChI=1S/C11H10ClFN2O2/c1-7(16)14-15-11(17)6-5-8-9(12)3-2-4-10(8)13/h2-6H,1H3,(H,14,16)(H,15,17)/b6-5+. The maximum Gasteiger partial charge on any atom is 0.262 e. The largest absolute Gasteiger partial charge is 0.274 e. The topological polar surface area (TPSA) is 58.2 Å². The van der Waals surface area contributed by atoms with Crippen LogP contribution in [0.1, 0.15) is 12.5 Å². The maximum absolute atomic E-state index is 13.3. The lowest BCUT2D eigenvalue weighted by molar-refractivity contribution is -0.125. The molecule has 1 aromatic rings.